The van der Waals surface area contributed by atoms with Gasteiger partial charge >= 0.3 is 0 Å². The number of rotatable bonds is 4. The van der Waals surface area contributed by atoms with Gasteiger partial charge in [0.1, 0.15) is 5.75 Å². The lowest BCUT2D eigenvalue weighted by Gasteiger charge is -2.07. The van der Waals surface area contributed by atoms with Crippen LogP contribution in [0.3, 0.4) is 0 Å². The molecule has 0 atom stereocenters. The van der Waals surface area contributed by atoms with Gasteiger partial charge in [-0.3, -0.25) is 0 Å². The molecule has 0 saturated heterocycles. The van der Waals surface area contributed by atoms with Crippen LogP contribution in [0.1, 0.15) is 12.5 Å². The van der Waals surface area contributed by atoms with E-state index >= 15 is 0 Å². The van der Waals surface area contributed by atoms with Crippen molar-refractivity contribution in [3.05, 3.63) is 60.6 Å². The van der Waals surface area contributed by atoms with Gasteiger partial charge in [0.2, 0.25) is 5.88 Å². The Morgan fingerprint density at radius 2 is 2.10 bits per heavy atom. The maximum Gasteiger partial charge on any atom is 0.219 e. The summed E-state index contributed by atoms with van der Waals surface area (Å²) in [5.41, 5.74) is 4.17. The monoisotopic (exact) mass is 279 g/mol. The van der Waals surface area contributed by atoms with Crippen molar-refractivity contribution in [1.29, 1.82) is 0 Å². The summed E-state index contributed by atoms with van der Waals surface area (Å²) in [7, 11) is 0. The first kappa shape index (κ1) is 13.4. The van der Waals surface area contributed by atoms with Crippen molar-refractivity contribution in [3.8, 4) is 11.6 Å². The van der Waals surface area contributed by atoms with E-state index in [2.05, 4.69) is 21.1 Å². The van der Waals surface area contributed by atoms with Crippen LogP contribution in [0.4, 0.5) is 0 Å². The topological polar surface area (TPSA) is 39.9 Å². The van der Waals surface area contributed by atoms with Crippen LogP contribution in [0, 0.1) is 6.92 Å². The summed E-state index contributed by atoms with van der Waals surface area (Å²) in [6.07, 6.45) is 3.62. The summed E-state index contributed by atoms with van der Waals surface area (Å²) >= 11 is 0. The lowest BCUT2D eigenvalue weighted by molar-refractivity contribution is 0.463. The van der Waals surface area contributed by atoms with E-state index in [1.165, 1.54) is 0 Å². The van der Waals surface area contributed by atoms with Gasteiger partial charge in [0.05, 0.1) is 17.4 Å². The summed E-state index contributed by atoms with van der Waals surface area (Å²) in [5, 5.41) is 0. The van der Waals surface area contributed by atoms with Crippen molar-refractivity contribution in [2.24, 2.45) is 0 Å². The summed E-state index contributed by atoms with van der Waals surface area (Å²) < 4.78 is 7.86. The van der Waals surface area contributed by atoms with Crippen LogP contribution in [0.25, 0.3) is 11.0 Å². The molecule has 0 radical (unpaired) electrons. The minimum Gasteiger partial charge on any atom is -0.439 e. The van der Waals surface area contributed by atoms with E-state index in [1.807, 2.05) is 50.5 Å². The number of aryl methyl sites for hydroxylation is 1. The van der Waals surface area contributed by atoms with Crippen molar-refractivity contribution >= 4 is 11.0 Å². The second kappa shape index (κ2) is 5.40. The molecule has 3 rings (SSSR count). The van der Waals surface area contributed by atoms with Crippen molar-refractivity contribution < 1.29 is 4.74 Å². The normalized spacial score (nSPS) is 10.8. The Balaban J connectivity index is 1.92. The van der Waals surface area contributed by atoms with E-state index < -0.39 is 0 Å². The molecule has 0 spiro atoms. The van der Waals surface area contributed by atoms with Crippen LogP contribution in [0.15, 0.2) is 55.0 Å². The summed E-state index contributed by atoms with van der Waals surface area (Å²) in [5.74, 6) is 1.34. The van der Waals surface area contributed by atoms with Gasteiger partial charge < -0.3 is 9.30 Å². The molecule has 0 aliphatic carbocycles. The van der Waals surface area contributed by atoms with Crippen molar-refractivity contribution in [1.82, 2.24) is 14.5 Å². The Labute approximate surface area is 123 Å². The molecule has 0 bridgehead atoms. The highest BCUT2D eigenvalue weighted by atomic mass is 16.5. The second-order valence-corrected chi connectivity index (χ2v) is 5.26. The molecule has 0 amide bonds. The second-order valence-electron chi connectivity index (χ2n) is 5.26. The Morgan fingerprint density at radius 1 is 1.24 bits per heavy atom. The molecule has 4 nitrogen and oxygen atoms in total. The first-order chi connectivity index (χ1) is 10.1. The highest BCUT2D eigenvalue weighted by molar-refractivity contribution is 5.77. The number of allylic oxidation sites excluding steroid dienone is 1. The lowest BCUT2D eigenvalue weighted by atomic mass is 10.3. The zero-order valence-corrected chi connectivity index (χ0v) is 12.2. The van der Waals surface area contributed by atoms with Crippen LogP contribution in [0.5, 0.6) is 11.6 Å². The third-order valence-electron chi connectivity index (χ3n) is 3.14. The number of ether oxygens (including phenoxy) is 1. The smallest absolute Gasteiger partial charge is 0.219 e. The van der Waals surface area contributed by atoms with Crippen LogP contribution in [-0.4, -0.2) is 14.5 Å². The number of imidazole rings is 1. The van der Waals surface area contributed by atoms with Gasteiger partial charge in [0, 0.05) is 24.9 Å². The SMILES string of the molecule is C=C(C)Cn1cnc2ccc(Oc3ccc(C)cn3)cc21. The molecule has 21 heavy (non-hydrogen) atoms. The number of fused-ring (bicyclic) bond motifs is 1. The largest absolute Gasteiger partial charge is 0.439 e. The third-order valence-corrected chi connectivity index (χ3v) is 3.14. The maximum absolute atomic E-state index is 5.80. The molecule has 0 N–H and O–H groups in total. The van der Waals surface area contributed by atoms with Gasteiger partial charge in [-0.05, 0) is 31.5 Å². The molecule has 3 aromatic rings. The standard InChI is InChI=1S/C17H17N3O/c1-12(2)10-20-11-19-15-6-5-14(8-16(15)20)21-17-7-4-13(3)9-18-17/h4-9,11H,1,10H2,2-3H3. The number of benzene rings is 1. The van der Waals surface area contributed by atoms with Crippen LogP contribution >= 0.6 is 0 Å². The van der Waals surface area contributed by atoms with Crippen molar-refractivity contribution in [2.45, 2.75) is 20.4 Å². The first-order valence-corrected chi connectivity index (χ1v) is 6.81. The number of hydrogen-bond acceptors (Lipinski definition) is 3. The zero-order chi connectivity index (χ0) is 14.8. The van der Waals surface area contributed by atoms with Crippen LogP contribution < -0.4 is 4.74 Å². The minimum atomic E-state index is 0.589. The zero-order valence-electron chi connectivity index (χ0n) is 12.2. The van der Waals surface area contributed by atoms with Gasteiger partial charge in [-0.2, -0.15) is 0 Å². The van der Waals surface area contributed by atoms with Crippen LogP contribution in [-0.2, 0) is 6.54 Å². The molecule has 2 aromatic heterocycles. The number of nitrogens with zero attached hydrogens (tertiary/aromatic N) is 3. The van der Waals surface area contributed by atoms with Gasteiger partial charge in [-0.25, -0.2) is 9.97 Å². The number of pyridine rings is 1. The predicted molar refractivity (Wildman–Crippen MR) is 83.6 cm³/mol. The molecule has 1 aromatic carbocycles. The first-order valence-electron chi connectivity index (χ1n) is 6.81. The fourth-order valence-electron chi connectivity index (χ4n) is 2.15. The van der Waals surface area contributed by atoms with Crippen molar-refractivity contribution in [2.75, 3.05) is 0 Å². The van der Waals surface area contributed by atoms with E-state index in [4.69, 9.17) is 4.74 Å². The fraction of sp³-hybridized carbons (Fsp3) is 0.176. The molecule has 0 unspecified atom stereocenters. The quantitative estimate of drug-likeness (QED) is 0.675. The van der Waals surface area contributed by atoms with Gasteiger partial charge in [0.15, 0.2) is 0 Å². The Morgan fingerprint density at radius 3 is 2.81 bits per heavy atom. The third kappa shape index (κ3) is 2.94. The summed E-state index contributed by atoms with van der Waals surface area (Å²) in [6.45, 7) is 8.70. The van der Waals surface area contributed by atoms with E-state index in [-0.39, 0.29) is 0 Å². The van der Waals surface area contributed by atoms with E-state index in [9.17, 15) is 0 Å². The van der Waals surface area contributed by atoms with E-state index in [1.54, 1.807) is 6.20 Å². The Hall–Kier alpha value is -2.62. The highest BCUT2D eigenvalue weighted by Gasteiger charge is 2.06. The average molecular weight is 279 g/mol. The molecule has 0 saturated carbocycles. The molecule has 4 heteroatoms. The number of aromatic nitrogens is 3. The summed E-state index contributed by atoms with van der Waals surface area (Å²) in [6, 6.07) is 9.68. The van der Waals surface area contributed by atoms with E-state index in [0.29, 0.717) is 5.88 Å². The van der Waals surface area contributed by atoms with E-state index in [0.717, 1.165) is 34.5 Å². The molecular weight excluding hydrogens is 262 g/mol. The molecular formula is C17H17N3O. The minimum absolute atomic E-state index is 0.589. The molecule has 0 aliphatic rings. The molecule has 0 aliphatic heterocycles. The van der Waals surface area contributed by atoms with Crippen LogP contribution in [0.2, 0.25) is 0 Å². The predicted octanol–water partition coefficient (Wildman–Crippen LogP) is 4.11. The lowest BCUT2D eigenvalue weighted by Crippen LogP contribution is -1.96. The summed E-state index contributed by atoms with van der Waals surface area (Å²) in [4.78, 5) is 8.64. The van der Waals surface area contributed by atoms with Gasteiger partial charge in [-0.15, -0.1) is 0 Å². The maximum atomic E-state index is 5.80. The molecule has 2 heterocycles. The molecule has 0 fully saturated rings. The van der Waals surface area contributed by atoms with Crippen molar-refractivity contribution in [3.63, 3.8) is 0 Å². The fourth-order valence-corrected chi connectivity index (χ4v) is 2.15. The average Bonchev–Trinajstić information content (AvgIpc) is 2.83. The van der Waals surface area contributed by atoms with Gasteiger partial charge in [0.25, 0.3) is 0 Å². The molecule has 106 valence electrons. The Kier molecular flexibility index (Phi) is 3.44. The highest BCUT2D eigenvalue weighted by Crippen LogP contribution is 2.24. The van der Waals surface area contributed by atoms with Gasteiger partial charge in [-0.1, -0.05) is 18.2 Å². The Bertz CT molecular complexity index is 787. The number of hydrogen-bond donors (Lipinski definition) is 0.